The second kappa shape index (κ2) is 12.1. The van der Waals surface area contributed by atoms with E-state index in [1.54, 1.807) is 0 Å². The Labute approximate surface area is 332 Å². The van der Waals surface area contributed by atoms with Crippen LogP contribution in [0.2, 0.25) is 0 Å². The number of nitrogens with zero attached hydrogens (tertiary/aromatic N) is 4. The SMILES string of the molecule is CC1(C)c2ccccc2-c2c1ccc1nc(-n3c4c(c5ccccc53)C=CC(C3C=Cc5c(c6ccccc6n5-c5ccccc5)C3)C4)nc(-c3ccccc3)c21. The predicted molar refractivity (Wildman–Crippen MR) is 235 cm³/mol. The van der Waals surface area contributed by atoms with E-state index in [4.69, 9.17) is 9.97 Å². The molecule has 0 amide bonds. The maximum Gasteiger partial charge on any atom is 0.235 e. The molecule has 0 spiro atoms. The molecule has 2 unspecified atom stereocenters. The lowest BCUT2D eigenvalue weighted by atomic mass is 9.78. The smallest absolute Gasteiger partial charge is 0.235 e. The molecule has 4 heteroatoms. The molecule has 0 aliphatic heterocycles. The lowest BCUT2D eigenvalue weighted by Crippen LogP contribution is -2.22. The monoisotopic (exact) mass is 732 g/mol. The molecule has 3 heterocycles. The highest BCUT2D eigenvalue weighted by Crippen LogP contribution is 2.52. The number of hydrogen-bond donors (Lipinski definition) is 0. The quantitative estimate of drug-likeness (QED) is 0.181. The molecule has 6 aromatic carbocycles. The van der Waals surface area contributed by atoms with Gasteiger partial charge in [0.25, 0.3) is 0 Å². The third-order valence-electron chi connectivity index (χ3n) is 13.1. The van der Waals surface area contributed by atoms with E-state index < -0.39 is 0 Å². The van der Waals surface area contributed by atoms with Crippen LogP contribution in [0.3, 0.4) is 0 Å². The molecule has 2 atom stereocenters. The van der Waals surface area contributed by atoms with Crippen LogP contribution in [0, 0.1) is 11.8 Å². The van der Waals surface area contributed by atoms with Gasteiger partial charge >= 0.3 is 0 Å². The molecule has 272 valence electrons. The normalized spacial score (nSPS) is 17.5. The van der Waals surface area contributed by atoms with Gasteiger partial charge in [-0.1, -0.05) is 147 Å². The number of rotatable bonds is 4. The molecule has 57 heavy (non-hydrogen) atoms. The molecule has 0 saturated heterocycles. The van der Waals surface area contributed by atoms with Gasteiger partial charge in [0.05, 0.1) is 22.2 Å². The standard InChI is InChI=1S/C53H40N4/c1-53(2)42-22-12-9-21-40(42)49-43(53)28-29-44-50(49)51(33-15-5-3-6-16-33)55-52(54-44)57-46-24-14-10-19-37(46)39-27-25-35(32-48(39)57)34-26-30-47-41(31-34)38-20-11-13-23-45(38)56(47)36-17-7-4-8-18-36/h3-30,34-35H,31-32H2,1-2H3. The predicted octanol–water partition coefficient (Wildman–Crippen LogP) is 12.6. The highest BCUT2D eigenvalue weighted by Gasteiger charge is 2.38. The van der Waals surface area contributed by atoms with Gasteiger partial charge in [-0.3, -0.25) is 4.57 Å². The van der Waals surface area contributed by atoms with Crippen LogP contribution in [0.5, 0.6) is 0 Å². The largest absolute Gasteiger partial charge is 0.310 e. The first kappa shape index (κ1) is 32.5. The topological polar surface area (TPSA) is 35.6 Å². The number of benzene rings is 6. The number of para-hydroxylation sites is 3. The average molecular weight is 733 g/mol. The molecule has 0 N–H and O–H groups in total. The summed E-state index contributed by atoms with van der Waals surface area (Å²) in [6, 6.07) is 52.6. The van der Waals surface area contributed by atoms with Crippen LogP contribution < -0.4 is 0 Å². The number of allylic oxidation sites excluding steroid dienone is 2. The summed E-state index contributed by atoms with van der Waals surface area (Å²) in [5.41, 5.74) is 17.1. The number of aromatic nitrogens is 4. The Balaban J connectivity index is 1.01. The summed E-state index contributed by atoms with van der Waals surface area (Å²) in [4.78, 5) is 11.1. The first-order valence-corrected chi connectivity index (χ1v) is 20.2. The van der Waals surface area contributed by atoms with E-state index in [1.807, 2.05) is 0 Å². The summed E-state index contributed by atoms with van der Waals surface area (Å²) in [6.07, 6.45) is 11.6. The minimum atomic E-state index is -0.116. The third-order valence-corrected chi connectivity index (χ3v) is 13.1. The van der Waals surface area contributed by atoms with Crippen LogP contribution in [-0.2, 0) is 18.3 Å². The zero-order chi connectivity index (χ0) is 37.8. The minimum absolute atomic E-state index is 0.116. The molecule has 4 nitrogen and oxygen atoms in total. The Morgan fingerprint density at radius 1 is 0.579 bits per heavy atom. The van der Waals surface area contributed by atoms with Gasteiger partial charge in [-0.15, -0.1) is 0 Å². The zero-order valence-electron chi connectivity index (χ0n) is 32.0. The van der Waals surface area contributed by atoms with Crippen molar-refractivity contribution in [2.24, 2.45) is 11.8 Å². The van der Waals surface area contributed by atoms with Crippen molar-refractivity contribution in [3.05, 3.63) is 191 Å². The summed E-state index contributed by atoms with van der Waals surface area (Å²) in [5, 5.41) is 3.71. The Kier molecular flexibility index (Phi) is 6.90. The van der Waals surface area contributed by atoms with Crippen molar-refractivity contribution < 1.29 is 0 Å². The molecule has 12 rings (SSSR count). The molecule has 0 bridgehead atoms. The van der Waals surface area contributed by atoms with Crippen molar-refractivity contribution in [2.75, 3.05) is 0 Å². The lowest BCUT2D eigenvalue weighted by molar-refractivity contribution is 0.459. The number of hydrogen-bond acceptors (Lipinski definition) is 2. The maximum atomic E-state index is 5.61. The summed E-state index contributed by atoms with van der Waals surface area (Å²) in [6.45, 7) is 4.68. The van der Waals surface area contributed by atoms with Crippen LogP contribution >= 0.6 is 0 Å². The van der Waals surface area contributed by atoms with E-state index >= 15 is 0 Å². The fourth-order valence-electron chi connectivity index (χ4n) is 10.4. The summed E-state index contributed by atoms with van der Waals surface area (Å²) in [5.74, 6) is 1.40. The second-order valence-electron chi connectivity index (χ2n) is 16.5. The molecular weight excluding hydrogens is 693 g/mol. The highest BCUT2D eigenvalue weighted by atomic mass is 15.2. The van der Waals surface area contributed by atoms with E-state index in [0.29, 0.717) is 11.8 Å². The van der Waals surface area contributed by atoms with Crippen molar-refractivity contribution in [2.45, 2.75) is 32.1 Å². The van der Waals surface area contributed by atoms with Crippen molar-refractivity contribution >= 4 is 44.9 Å². The first-order chi connectivity index (χ1) is 28.0. The highest BCUT2D eigenvalue weighted by molar-refractivity contribution is 6.08. The molecule has 9 aromatic rings. The molecule has 3 aliphatic rings. The zero-order valence-corrected chi connectivity index (χ0v) is 32.0. The van der Waals surface area contributed by atoms with Crippen molar-refractivity contribution in [3.8, 4) is 34.0 Å². The van der Waals surface area contributed by atoms with Gasteiger partial charge in [-0.05, 0) is 88.9 Å². The van der Waals surface area contributed by atoms with Crippen molar-refractivity contribution in [3.63, 3.8) is 0 Å². The Bertz CT molecular complexity index is 3160. The van der Waals surface area contributed by atoms with Gasteiger partial charge in [0.1, 0.15) is 0 Å². The van der Waals surface area contributed by atoms with Crippen LogP contribution in [0.4, 0.5) is 0 Å². The van der Waals surface area contributed by atoms with Gasteiger partial charge in [0.2, 0.25) is 5.95 Å². The Morgan fingerprint density at radius 3 is 2.07 bits per heavy atom. The Morgan fingerprint density at radius 2 is 1.25 bits per heavy atom. The van der Waals surface area contributed by atoms with Crippen molar-refractivity contribution in [1.82, 2.24) is 19.1 Å². The summed E-state index contributed by atoms with van der Waals surface area (Å²) >= 11 is 0. The number of fused-ring (bicyclic) bond motifs is 11. The Hall–Kier alpha value is -6.78. The molecule has 3 aromatic heterocycles. The van der Waals surface area contributed by atoms with Crippen molar-refractivity contribution in [1.29, 1.82) is 0 Å². The molecule has 0 saturated carbocycles. The molecular formula is C53H40N4. The fraction of sp³-hybridized carbons (Fsp3) is 0.132. The van der Waals surface area contributed by atoms with Crippen LogP contribution in [0.1, 0.15) is 47.5 Å². The molecule has 0 fully saturated rings. The minimum Gasteiger partial charge on any atom is -0.310 e. The van der Waals surface area contributed by atoms with E-state index in [0.717, 1.165) is 46.5 Å². The van der Waals surface area contributed by atoms with Gasteiger partial charge in [-0.25, -0.2) is 9.97 Å². The summed E-state index contributed by atoms with van der Waals surface area (Å²) in [7, 11) is 0. The molecule has 0 radical (unpaired) electrons. The van der Waals surface area contributed by atoms with E-state index in [2.05, 4.69) is 193 Å². The van der Waals surface area contributed by atoms with Crippen LogP contribution in [0.15, 0.2) is 158 Å². The van der Waals surface area contributed by atoms with E-state index in [1.165, 1.54) is 66.7 Å². The van der Waals surface area contributed by atoms with E-state index in [9.17, 15) is 0 Å². The van der Waals surface area contributed by atoms with Gasteiger partial charge in [-0.2, -0.15) is 0 Å². The van der Waals surface area contributed by atoms with Crippen LogP contribution in [-0.4, -0.2) is 19.1 Å². The maximum absolute atomic E-state index is 5.61. The molecule has 3 aliphatic carbocycles. The summed E-state index contributed by atoms with van der Waals surface area (Å²) < 4.78 is 4.80. The second-order valence-corrected chi connectivity index (χ2v) is 16.5. The van der Waals surface area contributed by atoms with Gasteiger partial charge in [0.15, 0.2) is 0 Å². The van der Waals surface area contributed by atoms with Gasteiger partial charge in [0, 0.05) is 49.8 Å². The fourth-order valence-corrected chi connectivity index (χ4v) is 10.4. The van der Waals surface area contributed by atoms with Gasteiger partial charge < -0.3 is 4.57 Å². The lowest BCUT2D eigenvalue weighted by Gasteiger charge is -2.28. The third kappa shape index (κ3) is 4.67. The van der Waals surface area contributed by atoms with Crippen LogP contribution in [0.25, 0.3) is 78.9 Å². The average Bonchev–Trinajstić information content (AvgIpc) is 3.86. The first-order valence-electron chi connectivity index (χ1n) is 20.2. The van der Waals surface area contributed by atoms with E-state index in [-0.39, 0.29) is 5.41 Å².